The molecular weight excluding hydrogens is 212 g/mol. The van der Waals surface area contributed by atoms with Crippen LogP contribution >= 0.6 is 0 Å². The molecule has 4 atom stereocenters. The SMILES string of the molecule is CC1C(N)CCN(C(C)Cc2ccco2)C1C. The van der Waals surface area contributed by atoms with Gasteiger partial charge in [0.15, 0.2) is 0 Å². The molecule has 2 heterocycles. The summed E-state index contributed by atoms with van der Waals surface area (Å²) in [7, 11) is 0. The van der Waals surface area contributed by atoms with E-state index in [0.29, 0.717) is 24.0 Å². The Kier molecular flexibility index (Phi) is 3.89. The van der Waals surface area contributed by atoms with E-state index in [1.807, 2.05) is 6.07 Å². The van der Waals surface area contributed by atoms with E-state index in [4.69, 9.17) is 10.2 Å². The second-order valence-corrected chi connectivity index (χ2v) is 5.42. The van der Waals surface area contributed by atoms with Crippen molar-refractivity contribution >= 4 is 0 Å². The predicted molar refractivity (Wildman–Crippen MR) is 69.8 cm³/mol. The minimum absolute atomic E-state index is 0.358. The minimum atomic E-state index is 0.358. The third-order valence-corrected chi connectivity index (χ3v) is 4.32. The molecule has 2 rings (SSSR count). The fourth-order valence-electron chi connectivity index (χ4n) is 2.88. The van der Waals surface area contributed by atoms with Gasteiger partial charge in [0.2, 0.25) is 0 Å². The highest BCUT2D eigenvalue weighted by Crippen LogP contribution is 2.25. The number of hydrogen-bond donors (Lipinski definition) is 1. The zero-order valence-electron chi connectivity index (χ0n) is 11.1. The molecule has 3 nitrogen and oxygen atoms in total. The fraction of sp³-hybridized carbons (Fsp3) is 0.714. The molecule has 0 amide bonds. The molecule has 0 bridgehead atoms. The highest BCUT2D eigenvalue weighted by Gasteiger charge is 2.32. The van der Waals surface area contributed by atoms with Crippen LogP contribution in [0, 0.1) is 5.92 Å². The van der Waals surface area contributed by atoms with Crippen LogP contribution in [0.4, 0.5) is 0 Å². The van der Waals surface area contributed by atoms with Crippen molar-refractivity contribution in [2.45, 2.75) is 51.7 Å². The van der Waals surface area contributed by atoms with E-state index in [-0.39, 0.29) is 0 Å². The minimum Gasteiger partial charge on any atom is -0.469 e. The molecule has 0 spiro atoms. The van der Waals surface area contributed by atoms with Gasteiger partial charge < -0.3 is 10.2 Å². The number of piperidine rings is 1. The van der Waals surface area contributed by atoms with Gasteiger partial charge in [-0.25, -0.2) is 0 Å². The Morgan fingerprint density at radius 3 is 2.94 bits per heavy atom. The molecule has 1 aromatic heterocycles. The van der Waals surface area contributed by atoms with E-state index < -0.39 is 0 Å². The summed E-state index contributed by atoms with van der Waals surface area (Å²) in [4.78, 5) is 2.57. The molecule has 0 aromatic carbocycles. The van der Waals surface area contributed by atoms with Gasteiger partial charge in [-0.2, -0.15) is 0 Å². The average molecular weight is 236 g/mol. The molecule has 1 saturated heterocycles. The number of likely N-dealkylation sites (tertiary alicyclic amines) is 1. The smallest absolute Gasteiger partial charge is 0.105 e. The second-order valence-electron chi connectivity index (χ2n) is 5.42. The van der Waals surface area contributed by atoms with Crippen LogP contribution in [0.2, 0.25) is 0 Å². The summed E-state index contributed by atoms with van der Waals surface area (Å²) < 4.78 is 5.43. The molecule has 1 aliphatic heterocycles. The van der Waals surface area contributed by atoms with Crippen LogP contribution in [0.1, 0.15) is 33.0 Å². The van der Waals surface area contributed by atoms with Crippen LogP contribution in [0.5, 0.6) is 0 Å². The Labute approximate surface area is 104 Å². The maximum absolute atomic E-state index is 6.12. The van der Waals surface area contributed by atoms with E-state index in [2.05, 4.69) is 31.7 Å². The second kappa shape index (κ2) is 5.23. The third-order valence-electron chi connectivity index (χ3n) is 4.32. The van der Waals surface area contributed by atoms with Crippen LogP contribution in [-0.4, -0.2) is 29.6 Å². The summed E-state index contributed by atoms with van der Waals surface area (Å²) >= 11 is 0. The van der Waals surface area contributed by atoms with Crippen molar-refractivity contribution in [1.82, 2.24) is 4.90 Å². The van der Waals surface area contributed by atoms with Gasteiger partial charge in [-0.15, -0.1) is 0 Å². The van der Waals surface area contributed by atoms with Crippen LogP contribution in [0.15, 0.2) is 22.8 Å². The summed E-state index contributed by atoms with van der Waals surface area (Å²) in [6.07, 6.45) is 3.84. The number of furan rings is 1. The number of nitrogens with zero attached hydrogens (tertiary/aromatic N) is 1. The van der Waals surface area contributed by atoms with Crippen molar-refractivity contribution in [2.24, 2.45) is 11.7 Å². The van der Waals surface area contributed by atoms with E-state index in [9.17, 15) is 0 Å². The first-order valence-electron chi connectivity index (χ1n) is 6.63. The third kappa shape index (κ3) is 2.72. The summed E-state index contributed by atoms with van der Waals surface area (Å²) in [6, 6.07) is 5.45. The van der Waals surface area contributed by atoms with Crippen LogP contribution < -0.4 is 5.73 Å². The van der Waals surface area contributed by atoms with E-state index in [0.717, 1.165) is 25.1 Å². The summed E-state index contributed by atoms with van der Waals surface area (Å²) in [6.45, 7) is 7.95. The molecule has 0 aliphatic carbocycles. The molecule has 1 aliphatic rings. The van der Waals surface area contributed by atoms with E-state index in [1.54, 1.807) is 6.26 Å². The van der Waals surface area contributed by atoms with Crippen molar-refractivity contribution in [1.29, 1.82) is 0 Å². The Hall–Kier alpha value is -0.800. The van der Waals surface area contributed by atoms with Crippen LogP contribution in [-0.2, 0) is 6.42 Å². The van der Waals surface area contributed by atoms with Crippen molar-refractivity contribution in [2.75, 3.05) is 6.54 Å². The Balaban J connectivity index is 1.97. The van der Waals surface area contributed by atoms with Crippen LogP contribution in [0.3, 0.4) is 0 Å². The first kappa shape index (κ1) is 12.7. The Bertz CT molecular complexity index is 336. The van der Waals surface area contributed by atoms with Crippen LogP contribution in [0.25, 0.3) is 0 Å². The maximum Gasteiger partial charge on any atom is 0.105 e. The van der Waals surface area contributed by atoms with Gasteiger partial charge in [-0.1, -0.05) is 6.92 Å². The average Bonchev–Trinajstić information content (AvgIpc) is 2.78. The first-order valence-corrected chi connectivity index (χ1v) is 6.63. The molecular formula is C14H24N2O. The lowest BCUT2D eigenvalue weighted by atomic mass is 9.86. The Morgan fingerprint density at radius 1 is 1.53 bits per heavy atom. The highest BCUT2D eigenvalue weighted by molar-refractivity contribution is 5.01. The lowest BCUT2D eigenvalue weighted by molar-refractivity contribution is 0.0611. The van der Waals surface area contributed by atoms with Gasteiger partial charge in [0.25, 0.3) is 0 Å². The van der Waals surface area contributed by atoms with Crippen molar-refractivity contribution in [3.8, 4) is 0 Å². The van der Waals surface area contributed by atoms with Gasteiger partial charge in [0.05, 0.1) is 6.26 Å². The zero-order chi connectivity index (χ0) is 12.4. The highest BCUT2D eigenvalue weighted by atomic mass is 16.3. The first-order chi connectivity index (χ1) is 8.09. The molecule has 4 unspecified atom stereocenters. The number of rotatable bonds is 3. The normalized spacial score (nSPS) is 32.6. The van der Waals surface area contributed by atoms with Crippen molar-refractivity contribution < 1.29 is 4.42 Å². The zero-order valence-corrected chi connectivity index (χ0v) is 11.1. The molecule has 1 fully saturated rings. The fourth-order valence-corrected chi connectivity index (χ4v) is 2.88. The van der Waals surface area contributed by atoms with Crippen molar-refractivity contribution in [3.05, 3.63) is 24.2 Å². The summed E-state index contributed by atoms with van der Waals surface area (Å²) in [5, 5.41) is 0. The van der Waals surface area contributed by atoms with Crippen molar-refractivity contribution in [3.63, 3.8) is 0 Å². The molecule has 0 saturated carbocycles. The quantitative estimate of drug-likeness (QED) is 0.875. The lowest BCUT2D eigenvalue weighted by Gasteiger charge is -2.44. The topological polar surface area (TPSA) is 42.4 Å². The lowest BCUT2D eigenvalue weighted by Crippen LogP contribution is -2.54. The number of hydrogen-bond acceptors (Lipinski definition) is 3. The van der Waals surface area contributed by atoms with Gasteiger partial charge in [-0.05, 0) is 38.3 Å². The van der Waals surface area contributed by atoms with Gasteiger partial charge in [0.1, 0.15) is 5.76 Å². The van der Waals surface area contributed by atoms with Gasteiger partial charge in [-0.3, -0.25) is 4.90 Å². The molecule has 96 valence electrons. The largest absolute Gasteiger partial charge is 0.469 e. The monoisotopic (exact) mass is 236 g/mol. The van der Waals surface area contributed by atoms with Gasteiger partial charge >= 0.3 is 0 Å². The molecule has 2 N–H and O–H groups in total. The molecule has 1 aromatic rings. The molecule has 3 heteroatoms. The van der Waals surface area contributed by atoms with E-state index in [1.165, 1.54) is 0 Å². The van der Waals surface area contributed by atoms with E-state index >= 15 is 0 Å². The number of nitrogens with two attached hydrogens (primary N) is 1. The standard InChI is InChI=1S/C14H24N2O/c1-10(9-13-5-4-8-17-13)16-7-6-14(15)11(2)12(16)3/h4-5,8,10-12,14H,6-7,9,15H2,1-3H3. The molecule has 17 heavy (non-hydrogen) atoms. The maximum atomic E-state index is 6.12. The predicted octanol–water partition coefficient (Wildman–Crippen LogP) is 2.27. The Morgan fingerprint density at radius 2 is 2.29 bits per heavy atom. The summed E-state index contributed by atoms with van der Waals surface area (Å²) in [5.41, 5.74) is 6.12. The molecule has 0 radical (unpaired) electrons. The summed E-state index contributed by atoms with van der Waals surface area (Å²) in [5.74, 6) is 1.65. The van der Waals surface area contributed by atoms with Gasteiger partial charge in [0, 0.05) is 31.1 Å².